The van der Waals surface area contributed by atoms with Crippen LogP contribution in [0.25, 0.3) is 0 Å². The first kappa shape index (κ1) is 35.9. The predicted octanol–water partition coefficient (Wildman–Crippen LogP) is 9.44. The van der Waals surface area contributed by atoms with Crippen molar-refractivity contribution in [3.05, 3.63) is 48.5 Å². The Morgan fingerprint density at radius 1 is 0.542 bits per heavy atom. The zero-order chi connectivity index (χ0) is 33.9. The lowest BCUT2D eigenvalue weighted by atomic mass is 9.80. The van der Waals surface area contributed by atoms with Crippen molar-refractivity contribution in [2.24, 2.45) is 11.8 Å². The second-order valence-corrected chi connectivity index (χ2v) is 14.8. The molecule has 2 aromatic carbocycles. The number of hydrogen-bond acceptors (Lipinski definition) is 4. The lowest BCUT2D eigenvalue weighted by Gasteiger charge is -2.40. The van der Waals surface area contributed by atoms with Crippen molar-refractivity contribution in [2.75, 3.05) is 60.7 Å². The summed E-state index contributed by atoms with van der Waals surface area (Å²) in [5.41, 5.74) is 4.04. The third kappa shape index (κ3) is 9.82. The summed E-state index contributed by atoms with van der Waals surface area (Å²) in [5.74, 6) is 1.01. The van der Waals surface area contributed by atoms with Crippen molar-refractivity contribution in [3.63, 3.8) is 0 Å². The van der Waals surface area contributed by atoms with Crippen LogP contribution in [0.15, 0.2) is 48.5 Å². The molecule has 0 aliphatic heterocycles. The van der Waals surface area contributed by atoms with Crippen molar-refractivity contribution in [2.45, 2.75) is 116 Å². The maximum atomic E-state index is 13.8. The Morgan fingerprint density at radius 2 is 0.875 bits per heavy atom. The monoisotopic (exact) mass is 658 g/mol. The molecule has 8 heteroatoms. The first-order valence-corrected chi connectivity index (χ1v) is 19.1. The van der Waals surface area contributed by atoms with Gasteiger partial charge >= 0.3 is 12.1 Å². The Balaban J connectivity index is 1.18. The lowest BCUT2D eigenvalue weighted by molar-refractivity contribution is 0.117. The minimum atomic E-state index is 0.0511. The molecule has 2 N–H and O–H groups in total. The summed E-state index contributed by atoms with van der Waals surface area (Å²) in [6.07, 6.45) is 16.3. The highest BCUT2D eigenvalue weighted by atomic mass is 16.2. The number of nitrogens with one attached hydrogen (secondary N) is 2. The van der Waals surface area contributed by atoms with E-state index in [2.05, 4.69) is 82.4 Å². The fourth-order valence-electron chi connectivity index (χ4n) is 8.09. The standard InChI is InChI=1S/C40H62N6O2/c1-5-43(3)35-25-21-33(22-26-35)41-39(47)45(37-13-9-7-10-14-37)29-31-17-19-32(20-18-31)30-46(38-15-11-8-12-16-38)40(48)42-34-23-27-36(28-24-34)44(4)6-2/h21-28,31-32,37-38H,5-20,29-30H2,1-4H3,(H,41,47)(H,42,48)/t31-,32-. The van der Waals surface area contributed by atoms with E-state index in [-0.39, 0.29) is 12.1 Å². The van der Waals surface area contributed by atoms with Gasteiger partial charge in [0.15, 0.2) is 0 Å². The Hall–Kier alpha value is -3.42. The van der Waals surface area contributed by atoms with Crippen molar-refractivity contribution < 1.29 is 9.59 Å². The number of benzene rings is 2. The van der Waals surface area contributed by atoms with E-state index in [4.69, 9.17) is 0 Å². The molecule has 0 radical (unpaired) electrons. The molecule has 4 amide bonds. The molecule has 0 bridgehead atoms. The topological polar surface area (TPSA) is 71.2 Å². The van der Waals surface area contributed by atoms with E-state index in [1.54, 1.807) is 0 Å². The fourth-order valence-corrected chi connectivity index (χ4v) is 8.09. The highest BCUT2D eigenvalue weighted by Gasteiger charge is 2.33. The largest absolute Gasteiger partial charge is 0.375 e. The van der Waals surface area contributed by atoms with Crippen LogP contribution in [0.5, 0.6) is 0 Å². The van der Waals surface area contributed by atoms with E-state index < -0.39 is 0 Å². The third-order valence-corrected chi connectivity index (χ3v) is 11.5. The minimum Gasteiger partial charge on any atom is -0.375 e. The maximum Gasteiger partial charge on any atom is 0.322 e. The van der Waals surface area contributed by atoms with Gasteiger partial charge in [0, 0.05) is 75.1 Å². The molecule has 2 aromatic rings. The molecule has 8 nitrogen and oxygen atoms in total. The number of anilines is 4. The van der Waals surface area contributed by atoms with Crippen LogP contribution in [-0.4, -0.2) is 74.2 Å². The molecule has 0 spiro atoms. The van der Waals surface area contributed by atoms with E-state index in [0.717, 1.165) is 100 Å². The molecule has 0 aromatic heterocycles. The minimum absolute atomic E-state index is 0.0511. The van der Waals surface area contributed by atoms with Gasteiger partial charge in [0.05, 0.1) is 0 Å². The van der Waals surface area contributed by atoms with Crippen LogP contribution >= 0.6 is 0 Å². The Kier molecular flexibility index (Phi) is 13.3. The van der Waals surface area contributed by atoms with Crippen LogP contribution in [0.3, 0.4) is 0 Å². The van der Waals surface area contributed by atoms with Gasteiger partial charge in [-0.25, -0.2) is 9.59 Å². The normalized spacial score (nSPS) is 20.5. The summed E-state index contributed by atoms with van der Waals surface area (Å²) >= 11 is 0. The number of urea groups is 2. The van der Waals surface area contributed by atoms with Crippen LogP contribution in [-0.2, 0) is 0 Å². The fraction of sp³-hybridized carbons (Fsp3) is 0.650. The summed E-state index contributed by atoms with van der Waals surface area (Å²) < 4.78 is 0. The van der Waals surface area contributed by atoms with Gasteiger partial charge in [-0.3, -0.25) is 0 Å². The van der Waals surface area contributed by atoms with Crippen molar-refractivity contribution in [1.82, 2.24) is 9.80 Å². The SMILES string of the molecule is CCN(C)c1ccc(NC(=O)N(C[C@H]2CC[C@H](CN(C(=O)Nc3ccc(N(C)CC)cc3)C3CCCCC3)CC2)C2CCCCC2)cc1. The van der Waals surface area contributed by atoms with Gasteiger partial charge in [0.1, 0.15) is 0 Å². The van der Waals surface area contributed by atoms with Gasteiger partial charge in [-0.2, -0.15) is 0 Å². The summed E-state index contributed by atoms with van der Waals surface area (Å²) in [6, 6.07) is 17.2. The highest BCUT2D eigenvalue weighted by molar-refractivity contribution is 5.90. The van der Waals surface area contributed by atoms with Gasteiger partial charge < -0.3 is 30.2 Å². The van der Waals surface area contributed by atoms with E-state index >= 15 is 0 Å². The molecule has 264 valence electrons. The van der Waals surface area contributed by atoms with Crippen LogP contribution in [0.4, 0.5) is 32.3 Å². The van der Waals surface area contributed by atoms with Crippen LogP contribution < -0.4 is 20.4 Å². The molecule has 48 heavy (non-hydrogen) atoms. The first-order valence-electron chi connectivity index (χ1n) is 19.1. The molecule has 0 heterocycles. The Bertz CT molecular complexity index is 1160. The number of rotatable bonds is 12. The summed E-state index contributed by atoms with van der Waals surface area (Å²) in [6.45, 7) is 7.83. The highest BCUT2D eigenvalue weighted by Crippen LogP contribution is 2.34. The molecule has 3 saturated carbocycles. The molecule has 3 aliphatic rings. The van der Waals surface area contributed by atoms with E-state index in [1.165, 1.54) is 38.5 Å². The Morgan fingerprint density at radius 3 is 1.19 bits per heavy atom. The van der Waals surface area contributed by atoms with Gasteiger partial charge in [-0.05, 0) is 126 Å². The lowest BCUT2D eigenvalue weighted by Crippen LogP contribution is -2.48. The molecule has 0 unspecified atom stereocenters. The summed E-state index contributed by atoms with van der Waals surface area (Å²) in [7, 11) is 4.17. The Labute approximate surface area is 290 Å². The number of amides is 4. The van der Waals surface area contributed by atoms with Gasteiger partial charge in [-0.15, -0.1) is 0 Å². The number of carbonyl (C=O) groups excluding carboxylic acids is 2. The van der Waals surface area contributed by atoms with Crippen LogP contribution in [0, 0.1) is 11.8 Å². The quantitative estimate of drug-likeness (QED) is 0.238. The molecule has 3 fully saturated rings. The summed E-state index contributed by atoms with van der Waals surface area (Å²) in [4.78, 5) is 36.3. The molecular formula is C40H62N6O2. The second-order valence-electron chi connectivity index (χ2n) is 14.8. The van der Waals surface area contributed by atoms with Gasteiger partial charge in [-0.1, -0.05) is 38.5 Å². The average molecular weight is 659 g/mol. The van der Waals surface area contributed by atoms with Crippen molar-refractivity contribution in [3.8, 4) is 0 Å². The zero-order valence-corrected chi connectivity index (χ0v) is 30.3. The molecular weight excluding hydrogens is 596 g/mol. The van der Waals surface area contributed by atoms with Crippen molar-refractivity contribution >= 4 is 34.8 Å². The molecule has 0 atom stereocenters. The maximum absolute atomic E-state index is 13.8. The van der Waals surface area contributed by atoms with E-state index in [0.29, 0.717) is 23.9 Å². The van der Waals surface area contributed by atoms with Crippen molar-refractivity contribution in [1.29, 1.82) is 0 Å². The third-order valence-electron chi connectivity index (χ3n) is 11.5. The first-order chi connectivity index (χ1) is 23.3. The van der Waals surface area contributed by atoms with Gasteiger partial charge in [0.2, 0.25) is 0 Å². The second kappa shape index (κ2) is 17.8. The molecule has 5 rings (SSSR count). The van der Waals surface area contributed by atoms with E-state index in [9.17, 15) is 9.59 Å². The van der Waals surface area contributed by atoms with Gasteiger partial charge in [0.25, 0.3) is 0 Å². The zero-order valence-electron chi connectivity index (χ0n) is 30.3. The molecule has 3 aliphatic carbocycles. The summed E-state index contributed by atoms with van der Waals surface area (Å²) in [5, 5.41) is 6.49. The van der Waals surface area contributed by atoms with E-state index in [1.807, 2.05) is 24.3 Å². The number of nitrogens with zero attached hydrogens (tertiary/aromatic N) is 4. The number of hydrogen-bond donors (Lipinski definition) is 2. The molecule has 0 saturated heterocycles. The smallest absolute Gasteiger partial charge is 0.322 e. The van der Waals surface area contributed by atoms with Crippen LogP contribution in [0.1, 0.15) is 104 Å². The predicted molar refractivity (Wildman–Crippen MR) is 201 cm³/mol. The van der Waals surface area contributed by atoms with Crippen LogP contribution in [0.2, 0.25) is 0 Å². The number of carbonyl (C=O) groups is 2. The average Bonchev–Trinajstić information content (AvgIpc) is 3.14.